The zero-order chi connectivity index (χ0) is 13.8. The zero-order valence-corrected chi connectivity index (χ0v) is 11.5. The van der Waals surface area contributed by atoms with Crippen molar-refractivity contribution in [2.75, 3.05) is 20.2 Å². The fourth-order valence-electron chi connectivity index (χ4n) is 2.34. The summed E-state index contributed by atoms with van der Waals surface area (Å²) in [7, 11) is 1.65. The molecule has 1 aliphatic rings. The summed E-state index contributed by atoms with van der Waals surface area (Å²) in [5.74, 6) is 0.908. The van der Waals surface area contributed by atoms with Gasteiger partial charge < -0.3 is 15.8 Å². The molecule has 0 aromatic heterocycles. The molecule has 0 spiro atoms. The predicted molar refractivity (Wildman–Crippen MR) is 73.8 cm³/mol. The number of carbonyl (C=O) groups is 1. The number of carbonyl (C=O) groups excluding carboxylic acids is 1. The summed E-state index contributed by atoms with van der Waals surface area (Å²) in [5, 5.41) is 2.87. The van der Waals surface area contributed by atoms with Gasteiger partial charge in [0, 0.05) is 31.7 Å². The molecule has 1 aliphatic heterocycles. The summed E-state index contributed by atoms with van der Waals surface area (Å²) in [4.78, 5) is 13.8. The molecule has 0 saturated carbocycles. The summed E-state index contributed by atoms with van der Waals surface area (Å²) in [5.41, 5.74) is 7.79. The molecule has 1 unspecified atom stereocenters. The molecule has 104 valence electrons. The second-order valence-corrected chi connectivity index (χ2v) is 4.79. The third kappa shape index (κ3) is 3.05. The standard InChI is InChI=1S/C14H21N3O2/c1-10-14(18)16-5-6-17(10)9-11-3-4-12(8-15)13(7-11)19-2/h3-4,7,10H,5-6,8-9,15H2,1-2H3,(H,16,18). The quantitative estimate of drug-likeness (QED) is 0.829. The van der Waals surface area contributed by atoms with Crippen molar-refractivity contribution in [2.24, 2.45) is 5.73 Å². The van der Waals surface area contributed by atoms with E-state index in [1.54, 1.807) is 7.11 Å². The molecular weight excluding hydrogens is 242 g/mol. The van der Waals surface area contributed by atoms with E-state index in [1.165, 1.54) is 0 Å². The number of amides is 1. The lowest BCUT2D eigenvalue weighted by atomic mass is 10.1. The molecule has 19 heavy (non-hydrogen) atoms. The molecule has 1 aromatic rings. The lowest BCUT2D eigenvalue weighted by molar-refractivity contribution is -0.128. The van der Waals surface area contributed by atoms with Crippen LogP contribution in [0.15, 0.2) is 18.2 Å². The number of benzene rings is 1. The monoisotopic (exact) mass is 263 g/mol. The topological polar surface area (TPSA) is 67.6 Å². The number of nitrogens with one attached hydrogen (secondary N) is 1. The Kier molecular flexibility index (Phi) is 4.39. The molecule has 3 N–H and O–H groups in total. The molecule has 5 heteroatoms. The van der Waals surface area contributed by atoms with Gasteiger partial charge in [0.05, 0.1) is 13.2 Å². The smallest absolute Gasteiger partial charge is 0.237 e. The highest BCUT2D eigenvalue weighted by Gasteiger charge is 2.25. The second-order valence-electron chi connectivity index (χ2n) is 4.79. The first-order chi connectivity index (χ1) is 9.15. The van der Waals surface area contributed by atoms with E-state index in [0.717, 1.165) is 30.0 Å². The Morgan fingerprint density at radius 1 is 1.53 bits per heavy atom. The van der Waals surface area contributed by atoms with Crippen LogP contribution >= 0.6 is 0 Å². The van der Waals surface area contributed by atoms with Crippen LogP contribution in [0, 0.1) is 0 Å². The third-order valence-electron chi connectivity index (χ3n) is 3.58. The summed E-state index contributed by atoms with van der Waals surface area (Å²) in [6.07, 6.45) is 0. The summed E-state index contributed by atoms with van der Waals surface area (Å²) < 4.78 is 5.34. The van der Waals surface area contributed by atoms with E-state index in [4.69, 9.17) is 10.5 Å². The maximum atomic E-state index is 11.6. The van der Waals surface area contributed by atoms with Gasteiger partial charge in [0.15, 0.2) is 0 Å². The zero-order valence-electron chi connectivity index (χ0n) is 11.5. The van der Waals surface area contributed by atoms with Crippen LogP contribution in [-0.4, -0.2) is 37.0 Å². The number of nitrogens with zero attached hydrogens (tertiary/aromatic N) is 1. The largest absolute Gasteiger partial charge is 0.496 e. The molecular formula is C14H21N3O2. The number of rotatable bonds is 4. The molecule has 0 aliphatic carbocycles. The van der Waals surface area contributed by atoms with Gasteiger partial charge in [0.2, 0.25) is 5.91 Å². The highest BCUT2D eigenvalue weighted by Crippen LogP contribution is 2.21. The van der Waals surface area contributed by atoms with Gasteiger partial charge in [-0.25, -0.2) is 0 Å². The minimum absolute atomic E-state index is 0.0890. The average Bonchev–Trinajstić information content (AvgIpc) is 2.43. The number of hydrogen-bond acceptors (Lipinski definition) is 4. The average molecular weight is 263 g/mol. The fourth-order valence-corrected chi connectivity index (χ4v) is 2.34. The third-order valence-corrected chi connectivity index (χ3v) is 3.58. The van der Waals surface area contributed by atoms with E-state index >= 15 is 0 Å². The van der Waals surface area contributed by atoms with Crippen molar-refractivity contribution in [3.05, 3.63) is 29.3 Å². The molecule has 1 saturated heterocycles. The number of ether oxygens (including phenoxy) is 1. The van der Waals surface area contributed by atoms with Gasteiger partial charge in [-0.2, -0.15) is 0 Å². The van der Waals surface area contributed by atoms with E-state index in [1.807, 2.05) is 25.1 Å². The molecule has 0 bridgehead atoms. The first-order valence-electron chi connectivity index (χ1n) is 6.53. The lowest BCUT2D eigenvalue weighted by Crippen LogP contribution is -2.53. The van der Waals surface area contributed by atoms with E-state index in [-0.39, 0.29) is 11.9 Å². The van der Waals surface area contributed by atoms with Crippen LogP contribution in [-0.2, 0) is 17.9 Å². The number of hydrogen-bond donors (Lipinski definition) is 2. The first-order valence-corrected chi connectivity index (χ1v) is 6.53. The highest BCUT2D eigenvalue weighted by molar-refractivity contribution is 5.81. The Balaban J connectivity index is 2.12. The molecule has 1 heterocycles. The Bertz CT molecular complexity index is 462. The van der Waals surface area contributed by atoms with E-state index in [9.17, 15) is 4.79 Å². The van der Waals surface area contributed by atoms with Gasteiger partial charge in [0.1, 0.15) is 5.75 Å². The SMILES string of the molecule is COc1cc(CN2CCNC(=O)C2C)ccc1CN. The van der Waals surface area contributed by atoms with Crippen LogP contribution in [0.1, 0.15) is 18.1 Å². The van der Waals surface area contributed by atoms with Crippen LogP contribution in [0.4, 0.5) is 0 Å². The molecule has 1 aromatic carbocycles. The van der Waals surface area contributed by atoms with E-state index in [0.29, 0.717) is 13.1 Å². The van der Waals surface area contributed by atoms with Gasteiger partial charge in [-0.15, -0.1) is 0 Å². The molecule has 2 rings (SSSR count). The van der Waals surface area contributed by atoms with Crippen LogP contribution in [0.2, 0.25) is 0 Å². The maximum Gasteiger partial charge on any atom is 0.237 e. The second kappa shape index (κ2) is 6.04. The Labute approximate surface area is 113 Å². The minimum atomic E-state index is -0.0890. The van der Waals surface area contributed by atoms with E-state index in [2.05, 4.69) is 10.2 Å². The summed E-state index contributed by atoms with van der Waals surface area (Å²) >= 11 is 0. The summed E-state index contributed by atoms with van der Waals surface area (Å²) in [6.45, 7) is 4.72. The van der Waals surface area contributed by atoms with Gasteiger partial charge in [-0.05, 0) is 18.6 Å². The molecule has 0 radical (unpaired) electrons. The molecule has 1 atom stereocenters. The maximum absolute atomic E-state index is 11.6. The predicted octanol–water partition coefficient (Wildman–Crippen LogP) is 0.474. The number of methoxy groups -OCH3 is 1. The van der Waals surface area contributed by atoms with Crippen molar-refractivity contribution in [2.45, 2.75) is 26.1 Å². The van der Waals surface area contributed by atoms with Crippen molar-refractivity contribution < 1.29 is 9.53 Å². The minimum Gasteiger partial charge on any atom is -0.496 e. The van der Waals surface area contributed by atoms with Crippen molar-refractivity contribution in [1.82, 2.24) is 10.2 Å². The van der Waals surface area contributed by atoms with Gasteiger partial charge in [0.25, 0.3) is 0 Å². The highest BCUT2D eigenvalue weighted by atomic mass is 16.5. The fraction of sp³-hybridized carbons (Fsp3) is 0.500. The van der Waals surface area contributed by atoms with Crippen LogP contribution in [0.3, 0.4) is 0 Å². The van der Waals surface area contributed by atoms with E-state index < -0.39 is 0 Å². The Morgan fingerprint density at radius 2 is 2.32 bits per heavy atom. The van der Waals surface area contributed by atoms with Gasteiger partial charge in [-0.1, -0.05) is 12.1 Å². The van der Waals surface area contributed by atoms with Crippen molar-refractivity contribution in [1.29, 1.82) is 0 Å². The van der Waals surface area contributed by atoms with Gasteiger partial charge >= 0.3 is 0 Å². The van der Waals surface area contributed by atoms with Crippen LogP contribution in [0.5, 0.6) is 5.75 Å². The lowest BCUT2D eigenvalue weighted by Gasteiger charge is -2.32. The normalized spacial score (nSPS) is 20.2. The number of nitrogens with two attached hydrogens (primary N) is 1. The molecule has 1 amide bonds. The van der Waals surface area contributed by atoms with Crippen molar-refractivity contribution >= 4 is 5.91 Å². The summed E-state index contributed by atoms with van der Waals surface area (Å²) in [6, 6.07) is 5.95. The van der Waals surface area contributed by atoms with Crippen molar-refractivity contribution in [3.63, 3.8) is 0 Å². The van der Waals surface area contributed by atoms with Crippen LogP contribution < -0.4 is 15.8 Å². The van der Waals surface area contributed by atoms with Gasteiger partial charge in [-0.3, -0.25) is 9.69 Å². The first kappa shape index (κ1) is 13.8. The number of piperazine rings is 1. The van der Waals surface area contributed by atoms with Crippen LogP contribution in [0.25, 0.3) is 0 Å². The molecule has 5 nitrogen and oxygen atoms in total. The Hall–Kier alpha value is -1.59. The molecule has 1 fully saturated rings. The van der Waals surface area contributed by atoms with Crippen molar-refractivity contribution in [3.8, 4) is 5.75 Å². The Morgan fingerprint density at radius 3 is 3.00 bits per heavy atom.